The number of fused-ring (bicyclic) bond motifs is 3. The predicted molar refractivity (Wildman–Crippen MR) is 90.0 cm³/mol. The standard InChI is InChI=1S/C19H18N2O4/c22-17(15-10-3-4-11(7-10)16(15)19(23)24)20-12-5-6-14-13(8-12)21-18(25-14)9-1-2-9/h3-6,8-11,15-16H,1-2,7H2,(H,20,22)(H,23,24). The summed E-state index contributed by atoms with van der Waals surface area (Å²) in [5.74, 6) is -1.08. The van der Waals surface area contributed by atoms with Crippen LogP contribution < -0.4 is 5.32 Å². The summed E-state index contributed by atoms with van der Waals surface area (Å²) in [5.41, 5.74) is 2.07. The zero-order chi connectivity index (χ0) is 17.1. The van der Waals surface area contributed by atoms with Crippen molar-refractivity contribution in [2.45, 2.75) is 25.2 Å². The summed E-state index contributed by atoms with van der Waals surface area (Å²) >= 11 is 0. The van der Waals surface area contributed by atoms with Crippen LogP contribution in [0.1, 0.15) is 31.1 Å². The van der Waals surface area contributed by atoms with Crippen LogP contribution >= 0.6 is 0 Å². The minimum absolute atomic E-state index is 0.0170. The lowest BCUT2D eigenvalue weighted by molar-refractivity contribution is -0.146. The fraction of sp³-hybridized carbons (Fsp3) is 0.421. The first-order valence-electron chi connectivity index (χ1n) is 8.72. The fourth-order valence-electron chi connectivity index (χ4n) is 4.27. The van der Waals surface area contributed by atoms with E-state index >= 15 is 0 Å². The second-order valence-electron chi connectivity index (χ2n) is 7.34. The predicted octanol–water partition coefficient (Wildman–Crippen LogP) is 3.17. The largest absolute Gasteiger partial charge is 0.481 e. The molecule has 2 aromatic rings. The fourth-order valence-corrected chi connectivity index (χ4v) is 4.27. The first-order chi connectivity index (χ1) is 12.1. The Bertz CT molecular complexity index is 911. The number of carbonyl (C=O) groups excluding carboxylic acids is 1. The van der Waals surface area contributed by atoms with Crippen LogP contribution in [0.4, 0.5) is 5.69 Å². The van der Waals surface area contributed by atoms with Crippen molar-refractivity contribution >= 4 is 28.7 Å². The van der Waals surface area contributed by atoms with E-state index in [1.54, 1.807) is 18.2 Å². The normalized spacial score (nSPS) is 30.1. The molecule has 5 rings (SSSR count). The average Bonchev–Trinajstić information content (AvgIpc) is 3.04. The molecule has 1 heterocycles. The monoisotopic (exact) mass is 338 g/mol. The molecule has 4 unspecified atom stereocenters. The van der Waals surface area contributed by atoms with Gasteiger partial charge in [0.05, 0.1) is 11.8 Å². The van der Waals surface area contributed by atoms with Gasteiger partial charge in [-0.1, -0.05) is 12.2 Å². The van der Waals surface area contributed by atoms with Crippen molar-refractivity contribution in [2.75, 3.05) is 5.32 Å². The molecule has 0 saturated heterocycles. The highest BCUT2D eigenvalue weighted by atomic mass is 16.4. The summed E-state index contributed by atoms with van der Waals surface area (Å²) < 4.78 is 5.73. The van der Waals surface area contributed by atoms with Gasteiger partial charge in [0.1, 0.15) is 5.52 Å². The Morgan fingerprint density at radius 1 is 1.16 bits per heavy atom. The highest BCUT2D eigenvalue weighted by Crippen LogP contribution is 2.48. The van der Waals surface area contributed by atoms with Gasteiger partial charge in [-0.15, -0.1) is 0 Å². The summed E-state index contributed by atoms with van der Waals surface area (Å²) in [6.07, 6.45) is 6.91. The molecule has 6 nitrogen and oxygen atoms in total. The molecule has 2 bridgehead atoms. The molecule has 25 heavy (non-hydrogen) atoms. The van der Waals surface area contributed by atoms with Crippen molar-refractivity contribution in [3.63, 3.8) is 0 Å². The van der Waals surface area contributed by atoms with Crippen LogP contribution in [0.15, 0.2) is 34.8 Å². The molecule has 128 valence electrons. The van der Waals surface area contributed by atoms with Crippen LogP contribution in [0.3, 0.4) is 0 Å². The van der Waals surface area contributed by atoms with E-state index in [2.05, 4.69) is 10.3 Å². The Labute approximate surface area is 143 Å². The van der Waals surface area contributed by atoms with E-state index in [9.17, 15) is 14.7 Å². The second kappa shape index (κ2) is 5.18. The quantitative estimate of drug-likeness (QED) is 0.835. The summed E-state index contributed by atoms with van der Waals surface area (Å²) in [5, 5.41) is 12.4. The molecule has 3 aliphatic rings. The van der Waals surface area contributed by atoms with Gasteiger partial charge in [-0.05, 0) is 49.3 Å². The van der Waals surface area contributed by atoms with Gasteiger partial charge in [0.2, 0.25) is 5.91 Å². The number of hydrogen-bond acceptors (Lipinski definition) is 4. The molecule has 0 spiro atoms. The van der Waals surface area contributed by atoms with E-state index in [-0.39, 0.29) is 17.7 Å². The molecule has 6 heteroatoms. The smallest absolute Gasteiger partial charge is 0.307 e. The number of hydrogen-bond donors (Lipinski definition) is 2. The summed E-state index contributed by atoms with van der Waals surface area (Å²) in [7, 11) is 0. The number of carbonyl (C=O) groups is 2. The summed E-state index contributed by atoms with van der Waals surface area (Å²) in [4.78, 5) is 28.8. The third-order valence-electron chi connectivity index (χ3n) is 5.65. The van der Waals surface area contributed by atoms with Gasteiger partial charge in [-0.3, -0.25) is 9.59 Å². The molecule has 1 aromatic carbocycles. The highest BCUT2D eigenvalue weighted by Gasteiger charge is 2.51. The van der Waals surface area contributed by atoms with Crippen molar-refractivity contribution in [1.82, 2.24) is 4.98 Å². The van der Waals surface area contributed by atoms with Crippen molar-refractivity contribution in [3.8, 4) is 0 Å². The second-order valence-corrected chi connectivity index (χ2v) is 7.34. The lowest BCUT2D eigenvalue weighted by Crippen LogP contribution is -2.36. The average molecular weight is 338 g/mol. The lowest BCUT2D eigenvalue weighted by Gasteiger charge is -2.23. The van der Waals surface area contributed by atoms with E-state index in [1.165, 1.54) is 0 Å². The van der Waals surface area contributed by atoms with Gasteiger partial charge in [-0.25, -0.2) is 4.98 Å². The number of oxazole rings is 1. The molecule has 2 saturated carbocycles. The summed E-state index contributed by atoms with van der Waals surface area (Å²) in [6.45, 7) is 0. The summed E-state index contributed by atoms with van der Waals surface area (Å²) in [6, 6.07) is 5.38. The van der Waals surface area contributed by atoms with Gasteiger partial charge in [-0.2, -0.15) is 0 Å². The van der Waals surface area contributed by atoms with Crippen LogP contribution in [-0.4, -0.2) is 22.0 Å². The Morgan fingerprint density at radius 2 is 1.92 bits per heavy atom. The molecule has 1 amide bonds. The number of nitrogens with zero attached hydrogens (tertiary/aromatic N) is 1. The number of rotatable bonds is 4. The molecular formula is C19H18N2O4. The SMILES string of the molecule is O=C(O)C1C2C=CC(C2)C1C(=O)Nc1ccc2oc(C3CC3)nc2c1. The van der Waals surface area contributed by atoms with Crippen LogP contribution in [0.25, 0.3) is 11.1 Å². The molecule has 1 aromatic heterocycles. The number of carboxylic acids is 1. The third-order valence-corrected chi connectivity index (χ3v) is 5.65. The first kappa shape index (κ1) is 14.7. The van der Waals surface area contributed by atoms with Crippen LogP contribution in [-0.2, 0) is 9.59 Å². The molecule has 2 fully saturated rings. The Balaban J connectivity index is 1.39. The van der Waals surface area contributed by atoms with Gasteiger partial charge in [0.15, 0.2) is 11.5 Å². The Kier molecular flexibility index (Phi) is 3.04. The van der Waals surface area contributed by atoms with Crippen molar-refractivity contribution in [1.29, 1.82) is 0 Å². The van der Waals surface area contributed by atoms with Crippen LogP contribution in [0, 0.1) is 23.7 Å². The zero-order valence-corrected chi connectivity index (χ0v) is 13.5. The number of aliphatic carboxylic acids is 1. The van der Waals surface area contributed by atoms with Gasteiger partial charge in [0, 0.05) is 11.6 Å². The number of allylic oxidation sites excluding steroid dienone is 2. The van der Waals surface area contributed by atoms with Crippen molar-refractivity contribution in [2.24, 2.45) is 23.7 Å². The maximum Gasteiger partial charge on any atom is 0.307 e. The number of benzene rings is 1. The Hall–Kier alpha value is -2.63. The molecule has 0 radical (unpaired) electrons. The van der Waals surface area contributed by atoms with E-state index in [0.29, 0.717) is 17.2 Å². The van der Waals surface area contributed by atoms with E-state index in [1.807, 2.05) is 12.2 Å². The van der Waals surface area contributed by atoms with Crippen LogP contribution in [0.2, 0.25) is 0 Å². The minimum Gasteiger partial charge on any atom is -0.481 e. The topological polar surface area (TPSA) is 92.4 Å². The first-order valence-corrected chi connectivity index (χ1v) is 8.72. The molecule has 3 aliphatic carbocycles. The van der Waals surface area contributed by atoms with Gasteiger partial charge < -0.3 is 14.8 Å². The lowest BCUT2D eigenvalue weighted by atomic mass is 9.82. The number of nitrogens with one attached hydrogen (secondary N) is 1. The third kappa shape index (κ3) is 2.35. The molecule has 4 atom stereocenters. The zero-order valence-electron chi connectivity index (χ0n) is 13.5. The number of aromatic nitrogens is 1. The maximum absolute atomic E-state index is 12.7. The molecular weight excluding hydrogens is 320 g/mol. The minimum atomic E-state index is -0.891. The van der Waals surface area contributed by atoms with Crippen molar-refractivity contribution in [3.05, 3.63) is 36.2 Å². The van der Waals surface area contributed by atoms with E-state index < -0.39 is 17.8 Å². The van der Waals surface area contributed by atoms with Gasteiger partial charge in [0.25, 0.3) is 0 Å². The van der Waals surface area contributed by atoms with E-state index in [0.717, 1.165) is 30.7 Å². The van der Waals surface area contributed by atoms with Crippen LogP contribution in [0.5, 0.6) is 0 Å². The maximum atomic E-state index is 12.7. The Morgan fingerprint density at radius 3 is 2.64 bits per heavy atom. The number of anilines is 1. The molecule has 2 N–H and O–H groups in total. The van der Waals surface area contributed by atoms with E-state index in [4.69, 9.17) is 4.42 Å². The highest BCUT2D eigenvalue weighted by molar-refractivity contribution is 5.97. The number of amides is 1. The molecule has 0 aliphatic heterocycles. The van der Waals surface area contributed by atoms with Gasteiger partial charge >= 0.3 is 5.97 Å². The number of carboxylic acid groups (broad SMARTS) is 1. The van der Waals surface area contributed by atoms with Crippen molar-refractivity contribution < 1.29 is 19.1 Å².